The molecule has 0 atom stereocenters. The molecule has 0 aromatic heterocycles. The molecule has 0 radical (unpaired) electrons. The lowest BCUT2D eigenvalue weighted by Crippen LogP contribution is -2.17. The second-order valence-corrected chi connectivity index (χ2v) is 5.70. The summed E-state index contributed by atoms with van der Waals surface area (Å²) in [6, 6.07) is 14.1. The molecule has 0 bridgehead atoms. The summed E-state index contributed by atoms with van der Waals surface area (Å²) in [6.07, 6.45) is 4.11. The van der Waals surface area contributed by atoms with Crippen molar-refractivity contribution in [2.24, 2.45) is 0 Å². The summed E-state index contributed by atoms with van der Waals surface area (Å²) in [5.74, 6) is -0.868. The highest BCUT2D eigenvalue weighted by atomic mass is 16.4. The summed E-state index contributed by atoms with van der Waals surface area (Å²) < 4.78 is 0. The minimum Gasteiger partial charge on any atom is -0.508 e. The Morgan fingerprint density at radius 2 is 1.57 bits per heavy atom. The van der Waals surface area contributed by atoms with Gasteiger partial charge in [-0.25, -0.2) is 4.79 Å². The van der Waals surface area contributed by atoms with Crippen molar-refractivity contribution in [1.29, 1.82) is 0 Å². The minimum atomic E-state index is -0.987. The molecule has 3 rings (SSSR count). The van der Waals surface area contributed by atoms with Crippen LogP contribution < -0.4 is 4.90 Å². The van der Waals surface area contributed by atoms with Crippen LogP contribution in [-0.4, -0.2) is 29.3 Å². The molecular weight excluding hydrogens is 290 g/mol. The molecule has 23 heavy (non-hydrogen) atoms. The molecule has 4 nitrogen and oxygen atoms in total. The van der Waals surface area contributed by atoms with Gasteiger partial charge in [0.1, 0.15) is 5.75 Å². The third-order valence-electron chi connectivity index (χ3n) is 4.08. The molecular formula is C19H19NO3. The van der Waals surface area contributed by atoms with Crippen molar-refractivity contribution in [3.63, 3.8) is 0 Å². The van der Waals surface area contributed by atoms with Gasteiger partial charge in [-0.3, -0.25) is 0 Å². The predicted octanol–water partition coefficient (Wildman–Crippen LogP) is 3.62. The predicted molar refractivity (Wildman–Crippen MR) is 91.5 cm³/mol. The van der Waals surface area contributed by atoms with E-state index in [9.17, 15) is 15.0 Å². The fourth-order valence-electron chi connectivity index (χ4n) is 2.83. The van der Waals surface area contributed by atoms with Gasteiger partial charge in [0, 0.05) is 18.8 Å². The maximum Gasteiger partial charge on any atom is 0.336 e. The number of hydrogen-bond donors (Lipinski definition) is 2. The third kappa shape index (κ3) is 3.54. The van der Waals surface area contributed by atoms with Gasteiger partial charge < -0.3 is 15.1 Å². The highest BCUT2D eigenvalue weighted by Gasteiger charge is 2.13. The van der Waals surface area contributed by atoms with Crippen LogP contribution in [0.5, 0.6) is 5.75 Å². The Morgan fingerprint density at radius 3 is 2.13 bits per heavy atom. The number of phenolic OH excluding ortho intramolecular Hbond substituents is 1. The molecule has 0 saturated carbocycles. The zero-order chi connectivity index (χ0) is 16.2. The molecule has 0 amide bonds. The Kier molecular flexibility index (Phi) is 4.33. The van der Waals surface area contributed by atoms with Crippen LogP contribution in [0.25, 0.3) is 11.6 Å². The van der Waals surface area contributed by atoms with Crippen molar-refractivity contribution in [1.82, 2.24) is 0 Å². The summed E-state index contributed by atoms with van der Waals surface area (Å²) in [6.45, 7) is 2.17. The number of phenols is 1. The van der Waals surface area contributed by atoms with E-state index in [0.29, 0.717) is 5.56 Å². The van der Waals surface area contributed by atoms with Gasteiger partial charge in [-0.2, -0.15) is 0 Å². The van der Waals surface area contributed by atoms with Crippen LogP contribution in [0.2, 0.25) is 0 Å². The molecule has 2 aromatic rings. The van der Waals surface area contributed by atoms with Gasteiger partial charge in [0.05, 0.1) is 5.57 Å². The Bertz CT molecular complexity index is 711. The van der Waals surface area contributed by atoms with Crippen LogP contribution in [0.3, 0.4) is 0 Å². The van der Waals surface area contributed by atoms with E-state index in [-0.39, 0.29) is 11.3 Å². The smallest absolute Gasteiger partial charge is 0.336 e. The fourth-order valence-corrected chi connectivity index (χ4v) is 2.83. The Hall–Kier alpha value is -2.75. The van der Waals surface area contributed by atoms with Crippen LogP contribution in [-0.2, 0) is 4.79 Å². The standard InChI is InChI=1S/C19H19NO3/c21-17-9-5-15(6-10-17)18(19(22)23)13-14-3-7-16(8-4-14)20-11-1-2-12-20/h3-10,13,21H,1-2,11-12H2,(H,22,23)/b18-13-. The number of benzene rings is 2. The lowest BCUT2D eigenvalue weighted by Gasteiger charge is -2.17. The van der Waals surface area contributed by atoms with E-state index in [1.165, 1.54) is 30.7 Å². The van der Waals surface area contributed by atoms with Crippen LogP contribution in [0.4, 0.5) is 5.69 Å². The van der Waals surface area contributed by atoms with Gasteiger partial charge in [0.15, 0.2) is 0 Å². The van der Waals surface area contributed by atoms with Gasteiger partial charge in [-0.05, 0) is 54.3 Å². The average Bonchev–Trinajstić information content (AvgIpc) is 3.08. The van der Waals surface area contributed by atoms with Crippen LogP contribution in [0, 0.1) is 0 Å². The number of aromatic hydroxyl groups is 1. The SMILES string of the molecule is O=C(O)/C(=C\c1ccc(N2CCCC2)cc1)c1ccc(O)cc1. The summed E-state index contributed by atoms with van der Waals surface area (Å²) >= 11 is 0. The van der Waals surface area contributed by atoms with Crippen LogP contribution >= 0.6 is 0 Å². The largest absolute Gasteiger partial charge is 0.508 e. The first-order valence-electron chi connectivity index (χ1n) is 7.73. The second kappa shape index (κ2) is 6.57. The molecule has 0 aliphatic carbocycles. The molecule has 1 fully saturated rings. The van der Waals surface area contributed by atoms with Gasteiger partial charge in [0.2, 0.25) is 0 Å². The number of anilines is 1. The molecule has 4 heteroatoms. The first kappa shape index (κ1) is 15.2. The lowest BCUT2D eigenvalue weighted by atomic mass is 10.0. The van der Waals surface area contributed by atoms with E-state index >= 15 is 0 Å². The number of carboxylic acid groups (broad SMARTS) is 1. The number of rotatable bonds is 4. The highest BCUT2D eigenvalue weighted by molar-refractivity contribution is 6.20. The molecule has 0 spiro atoms. The van der Waals surface area contributed by atoms with Gasteiger partial charge in [-0.1, -0.05) is 24.3 Å². The van der Waals surface area contributed by atoms with Crippen LogP contribution in [0.15, 0.2) is 48.5 Å². The topological polar surface area (TPSA) is 60.8 Å². The number of hydrogen-bond acceptors (Lipinski definition) is 3. The maximum atomic E-state index is 11.5. The van der Waals surface area contributed by atoms with E-state index in [1.54, 1.807) is 18.2 Å². The second-order valence-electron chi connectivity index (χ2n) is 5.70. The minimum absolute atomic E-state index is 0.119. The van der Waals surface area contributed by atoms with E-state index in [4.69, 9.17) is 0 Å². The Morgan fingerprint density at radius 1 is 0.957 bits per heavy atom. The average molecular weight is 309 g/mol. The highest BCUT2D eigenvalue weighted by Crippen LogP contribution is 2.24. The maximum absolute atomic E-state index is 11.5. The van der Waals surface area contributed by atoms with Crippen molar-refractivity contribution in [3.8, 4) is 5.75 Å². The molecule has 1 heterocycles. The van der Waals surface area contributed by atoms with Gasteiger partial charge >= 0.3 is 5.97 Å². The number of aliphatic carboxylic acids is 1. The summed E-state index contributed by atoms with van der Waals surface area (Å²) in [5, 5.41) is 18.8. The summed E-state index contributed by atoms with van der Waals surface area (Å²) in [4.78, 5) is 13.9. The first-order valence-corrected chi connectivity index (χ1v) is 7.73. The van der Waals surface area contributed by atoms with Crippen molar-refractivity contribution in [2.45, 2.75) is 12.8 Å². The van der Waals surface area contributed by atoms with Crippen molar-refractivity contribution in [2.75, 3.05) is 18.0 Å². The van der Waals surface area contributed by atoms with Crippen LogP contribution in [0.1, 0.15) is 24.0 Å². The van der Waals surface area contributed by atoms with Gasteiger partial charge in [-0.15, -0.1) is 0 Å². The van der Waals surface area contributed by atoms with E-state index in [1.807, 2.05) is 24.3 Å². The number of carbonyl (C=O) groups is 1. The zero-order valence-electron chi connectivity index (χ0n) is 12.8. The van der Waals surface area contributed by atoms with E-state index in [0.717, 1.165) is 18.7 Å². The molecule has 1 aliphatic heterocycles. The van der Waals surface area contributed by atoms with Crippen molar-refractivity contribution < 1.29 is 15.0 Å². The molecule has 1 saturated heterocycles. The lowest BCUT2D eigenvalue weighted by molar-refractivity contribution is -0.130. The van der Waals surface area contributed by atoms with E-state index < -0.39 is 5.97 Å². The Balaban J connectivity index is 1.87. The van der Waals surface area contributed by atoms with Gasteiger partial charge in [0.25, 0.3) is 0 Å². The fraction of sp³-hybridized carbons (Fsp3) is 0.211. The summed E-state index contributed by atoms with van der Waals surface area (Å²) in [5.41, 5.74) is 2.80. The molecule has 2 aromatic carbocycles. The van der Waals surface area contributed by atoms with Crippen molar-refractivity contribution in [3.05, 3.63) is 59.7 Å². The molecule has 118 valence electrons. The molecule has 1 aliphatic rings. The molecule has 0 unspecified atom stereocenters. The monoisotopic (exact) mass is 309 g/mol. The summed E-state index contributed by atoms with van der Waals surface area (Å²) in [7, 11) is 0. The third-order valence-corrected chi connectivity index (χ3v) is 4.08. The quantitative estimate of drug-likeness (QED) is 0.669. The zero-order valence-corrected chi connectivity index (χ0v) is 12.8. The number of nitrogens with zero attached hydrogens (tertiary/aromatic N) is 1. The number of carboxylic acids is 1. The van der Waals surface area contributed by atoms with E-state index in [2.05, 4.69) is 4.90 Å². The van der Waals surface area contributed by atoms with Crippen molar-refractivity contribution >= 4 is 23.3 Å². The normalized spacial score (nSPS) is 15.0. The first-order chi connectivity index (χ1) is 11.1. The Labute approximate surface area is 135 Å². The molecule has 2 N–H and O–H groups in total.